The van der Waals surface area contributed by atoms with Crippen molar-refractivity contribution in [2.75, 3.05) is 9.80 Å². The fourth-order valence-electron chi connectivity index (χ4n) is 10.7. The average Bonchev–Trinajstić information content (AvgIpc) is 3.88. The fraction of sp³-hybridized carbons (Fsp3) is 0.0159. The zero-order valence-corrected chi connectivity index (χ0v) is 36.1. The van der Waals surface area contributed by atoms with E-state index in [0.717, 1.165) is 34.1 Å². The topological polar surface area (TPSA) is 6.48 Å². The molecule has 0 saturated carbocycles. The van der Waals surface area contributed by atoms with Crippen molar-refractivity contribution in [1.82, 2.24) is 0 Å². The van der Waals surface area contributed by atoms with Gasteiger partial charge >= 0.3 is 0 Å². The summed E-state index contributed by atoms with van der Waals surface area (Å²) in [5, 5.41) is 15.2. The zero-order valence-electron chi connectivity index (χ0n) is 36.1. The van der Waals surface area contributed by atoms with Gasteiger partial charge in [-0.1, -0.05) is 183 Å². The van der Waals surface area contributed by atoms with E-state index in [1.165, 1.54) is 86.9 Å². The summed E-state index contributed by atoms with van der Waals surface area (Å²) >= 11 is 0. The lowest BCUT2D eigenvalue weighted by Crippen LogP contribution is -2.15. The van der Waals surface area contributed by atoms with Crippen LogP contribution in [0.1, 0.15) is 6.92 Å². The van der Waals surface area contributed by atoms with Gasteiger partial charge in [-0.25, -0.2) is 0 Å². The van der Waals surface area contributed by atoms with Crippen molar-refractivity contribution in [2.45, 2.75) is 6.92 Å². The summed E-state index contributed by atoms with van der Waals surface area (Å²) in [6.07, 6.45) is 8.24. The smallest absolute Gasteiger partial charge is 0.0540 e. The largest absolute Gasteiger partial charge is 0.310 e. The molecule has 0 amide bonds. The van der Waals surface area contributed by atoms with E-state index in [9.17, 15) is 0 Å². The number of hydrogen-bond donors (Lipinski definition) is 0. The first kappa shape index (κ1) is 38.2. The van der Waals surface area contributed by atoms with Crippen LogP contribution in [0.2, 0.25) is 0 Å². The Morgan fingerprint density at radius 3 is 1.20 bits per heavy atom. The Labute approximate surface area is 379 Å². The molecule has 0 saturated heterocycles. The maximum absolute atomic E-state index is 4.12. The van der Waals surface area contributed by atoms with Gasteiger partial charge in [-0.15, -0.1) is 0 Å². The first-order valence-corrected chi connectivity index (χ1v) is 22.4. The molecule has 12 aromatic rings. The van der Waals surface area contributed by atoms with Gasteiger partial charge in [-0.2, -0.15) is 0 Å². The van der Waals surface area contributed by atoms with E-state index in [0.29, 0.717) is 0 Å². The highest BCUT2D eigenvalue weighted by atomic mass is 15.2. The molecular weight excluding hydrogens is 785 g/mol. The second-order valence-electron chi connectivity index (χ2n) is 16.7. The van der Waals surface area contributed by atoms with Crippen molar-refractivity contribution < 1.29 is 0 Å². The van der Waals surface area contributed by atoms with E-state index in [-0.39, 0.29) is 0 Å². The van der Waals surface area contributed by atoms with Gasteiger partial charge in [0, 0.05) is 33.5 Å². The molecule has 0 fully saturated rings. The molecule has 0 bridgehead atoms. The normalized spacial score (nSPS) is 12.2. The highest BCUT2D eigenvalue weighted by Crippen LogP contribution is 2.57. The third-order valence-corrected chi connectivity index (χ3v) is 13.1. The number of anilines is 5. The van der Waals surface area contributed by atoms with Crippen molar-refractivity contribution in [3.63, 3.8) is 0 Å². The van der Waals surface area contributed by atoms with Crippen molar-refractivity contribution in [3.05, 3.63) is 249 Å². The second kappa shape index (κ2) is 15.7. The average molecular weight is 829 g/mol. The van der Waals surface area contributed by atoms with Gasteiger partial charge in [0.1, 0.15) is 0 Å². The van der Waals surface area contributed by atoms with E-state index >= 15 is 0 Å². The number of benzene rings is 10. The van der Waals surface area contributed by atoms with Crippen LogP contribution in [0.5, 0.6) is 0 Å². The van der Waals surface area contributed by atoms with Gasteiger partial charge in [0.2, 0.25) is 0 Å². The Bertz CT molecular complexity index is 3620. The summed E-state index contributed by atoms with van der Waals surface area (Å²) in [4.78, 5) is 4.77. The quantitative estimate of drug-likeness (QED) is 0.127. The molecular formula is C63H44N2. The van der Waals surface area contributed by atoms with Crippen molar-refractivity contribution in [1.29, 1.82) is 0 Å². The third kappa shape index (κ3) is 5.95. The summed E-state index contributed by atoms with van der Waals surface area (Å²) in [6.45, 7) is 6.19. The monoisotopic (exact) mass is 828 g/mol. The Morgan fingerprint density at radius 2 is 0.754 bits per heavy atom. The first-order chi connectivity index (χ1) is 32.2. The van der Waals surface area contributed by atoms with Crippen LogP contribution >= 0.6 is 0 Å². The molecule has 0 atom stereocenters. The maximum Gasteiger partial charge on any atom is 0.0540 e. The summed E-state index contributed by atoms with van der Waals surface area (Å²) < 4.78 is 0. The molecule has 0 spiro atoms. The predicted molar refractivity (Wildman–Crippen MR) is 281 cm³/mol. The van der Waals surface area contributed by atoms with Crippen molar-refractivity contribution in [2.24, 2.45) is 0 Å². The minimum atomic E-state index is 1.04. The Kier molecular flexibility index (Phi) is 9.24. The van der Waals surface area contributed by atoms with Crippen LogP contribution in [-0.4, -0.2) is 0 Å². The Morgan fingerprint density at radius 1 is 0.369 bits per heavy atom. The molecule has 0 radical (unpaired) electrons. The first-order valence-electron chi connectivity index (χ1n) is 22.4. The van der Waals surface area contributed by atoms with Crippen LogP contribution in [0.3, 0.4) is 0 Å². The lowest BCUT2D eigenvalue weighted by atomic mass is 9.87. The van der Waals surface area contributed by atoms with Gasteiger partial charge in [0.05, 0.1) is 11.4 Å². The van der Waals surface area contributed by atoms with Crippen molar-refractivity contribution in [3.8, 4) is 22.3 Å². The summed E-state index contributed by atoms with van der Waals surface area (Å²) in [5.41, 5.74) is 11.6. The third-order valence-electron chi connectivity index (χ3n) is 13.1. The number of nitrogens with zero attached hydrogens (tertiary/aromatic N) is 2. The number of allylic oxidation sites excluding steroid dienone is 4. The molecule has 0 N–H and O–H groups in total. The van der Waals surface area contributed by atoms with Crippen molar-refractivity contribution >= 4 is 93.1 Å². The zero-order chi connectivity index (χ0) is 43.4. The molecule has 0 aliphatic rings. The standard InChI is InChI=1S/C63H44N2/c1-3-22-44(23-4-2)64(45-28-14-7-15-29-45)54-40-38-52-58-48(54)34-20-36-50(58)60-56(42-24-10-5-11-25-42)63-53-39-41-55(65(46-30-16-8-17-31-46)47-32-18-9-19-33-47)49-35-21-37-51(59(49)53)61(63)57(62(52)60)43-26-12-6-13-27-43/h3-41H,1H2,2H3/b23-4-,44-22+. The lowest BCUT2D eigenvalue weighted by Gasteiger charge is -2.27. The lowest BCUT2D eigenvalue weighted by molar-refractivity contribution is 1.22. The van der Waals surface area contributed by atoms with Crippen LogP contribution in [0.25, 0.3) is 86.9 Å². The van der Waals surface area contributed by atoms with Crippen LogP contribution in [0.15, 0.2) is 249 Å². The van der Waals surface area contributed by atoms with Crippen LogP contribution in [0, 0.1) is 0 Å². The molecule has 0 unspecified atom stereocenters. The number of rotatable bonds is 10. The minimum Gasteiger partial charge on any atom is -0.310 e. The molecule has 0 aliphatic carbocycles. The number of hydrogen-bond acceptors (Lipinski definition) is 2. The maximum atomic E-state index is 4.12. The predicted octanol–water partition coefficient (Wildman–Crippen LogP) is 18.1. The second-order valence-corrected chi connectivity index (χ2v) is 16.7. The minimum absolute atomic E-state index is 1.04. The van der Waals surface area contributed by atoms with E-state index < -0.39 is 0 Å². The summed E-state index contributed by atoms with van der Waals surface area (Å²) in [5.74, 6) is 0. The Hall–Kier alpha value is -8.46. The summed E-state index contributed by atoms with van der Waals surface area (Å²) in [7, 11) is 0. The van der Waals surface area contributed by atoms with Gasteiger partial charge in [0.25, 0.3) is 0 Å². The van der Waals surface area contributed by atoms with Gasteiger partial charge in [0.15, 0.2) is 0 Å². The molecule has 12 aromatic carbocycles. The molecule has 0 heterocycles. The number of para-hydroxylation sites is 3. The van der Waals surface area contributed by atoms with E-state index in [4.69, 9.17) is 0 Å². The molecule has 2 nitrogen and oxygen atoms in total. The highest BCUT2D eigenvalue weighted by molar-refractivity contribution is 6.47. The molecule has 0 aliphatic heterocycles. The van der Waals surface area contributed by atoms with Crippen LogP contribution < -0.4 is 9.80 Å². The highest BCUT2D eigenvalue weighted by Gasteiger charge is 2.29. The van der Waals surface area contributed by atoms with E-state index in [2.05, 4.69) is 254 Å². The van der Waals surface area contributed by atoms with Crippen LogP contribution in [0.4, 0.5) is 28.4 Å². The summed E-state index contributed by atoms with van der Waals surface area (Å²) in [6, 6.07) is 77.7. The Balaban J connectivity index is 1.27. The molecule has 306 valence electrons. The molecule has 12 rings (SSSR count). The van der Waals surface area contributed by atoms with Gasteiger partial charge in [-0.3, -0.25) is 0 Å². The van der Waals surface area contributed by atoms with Gasteiger partial charge in [-0.05, 0) is 144 Å². The molecule has 0 aromatic heterocycles. The van der Waals surface area contributed by atoms with Crippen LogP contribution in [-0.2, 0) is 0 Å². The van der Waals surface area contributed by atoms with E-state index in [1.54, 1.807) is 0 Å². The fourth-order valence-corrected chi connectivity index (χ4v) is 10.7. The molecule has 65 heavy (non-hydrogen) atoms. The number of fused-ring (bicyclic) bond motifs is 6. The molecule has 2 heteroatoms. The van der Waals surface area contributed by atoms with Gasteiger partial charge < -0.3 is 9.80 Å². The van der Waals surface area contributed by atoms with E-state index in [1.807, 2.05) is 6.08 Å². The SMILES string of the molecule is C=C/C=C(\C=C/C)N(c1ccccc1)c1ccc2c3c(-c4ccccc4)c4c5cccc6c(N(c7ccccc7)c7ccccc7)ccc(c4c(-c4ccccc4)c3c3cccc1c23)c65.